The third kappa shape index (κ3) is 3.82. The molecule has 3 aromatic rings. The van der Waals surface area contributed by atoms with Crippen LogP contribution in [0.5, 0.6) is 0 Å². The Balaban J connectivity index is 1.42. The highest BCUT2D eigenvalue weighted by molar-refractivity contribution is 9.10. The maximum Gasteiger partial charge on any atom is 0.416 e. The Kier molecular flexibility index (Phi) is 5.68. The summed E-state index contributed by atoms with van der Waals surface area (Å²) < 4.78 is 40.4. The summed E-state index contributed by atoms with van der Waals surface area (Å²) in [6, 6.07) is 16.8. The van der Waals surface area contributed by atoms with Crippen LogP contribution < -0.4 is 10.2 Å². The van der Waals surface area contributed by atoms with Gasteiger partial charge in [-0.3, -0.25) is 14.4 Å². The Morgan fingerprint density at radius 3 is 2.39 bits per heavy atom. The summed E-state index contributed by atoms with van der Waals surface area (Å²) in [4.78, 5) is 44.1. The monoisotopic (exact) mass is 581 g/mol. The first-order valence-electron chi connectivity index (χ1n) is 11.8. The van der Waals surface area contributed by atoms with E-state index in [0.717, 1.165) is 28.2 Å². The van der Waals surface area contributed by atoms with E-state index in [-0.39, 0.29) is 5.69 Å². The molecule has 3 heterocycles. The Bertz CT molecular complexity index is 1520. The Labute approximate surface area is 223 Å². The van der Waals surface area contributed by atoms with Crippen molar-refractivity contribution in [2.24, 2.45) is 11.8 Å². The third-order valence-electron chi connectivity index (χ3n) is 7.25. The number of benzene rings is 3. The van der Waals surface area contributed by atoms with Gasteiger partial charge in [0, 0.05) is 16.4 Å². The molecule has 0 saturated carbocycles. The van der Waals surface area contributed by atoms with Gasteiger partial charge >= 0.3 is 6.18 Å². The molecule has 0 aliphatic carbocycles. The van der Waals surface area contributed by atoms with Gasteiger partial charge in [-0.05, 0) is 53.6 Å². The second kappa shape index (κ2) is 8.83. The molecule has 2 saturated heterocycles. The molecule has 6 nitrogen and oxygen atoms in total. The molecular weight excluding hydrogens is 563 g/mol. The molecule has 192 valence electrons. The van der Waals surface area contributed by atoms with Crippen LogP contribution in [-0.2, 0) is 20.6 Å². The van der Waals surface area contributed by atoms with Crippen LogP contribution in [0.4, 0.5) is 24.5 Å². The van der Waals surface area contributed by atoms with Crippen LogP contribution in [-0.4, -0.2) is 28.7 Å². The lowest BCUT2D eigenvalue weighted by molar-refractivity contribution is -0.137. The lowest BCUT2D eigenvalue weighted by Crippen LogP contribution is -2.46. The van der Waals surface area contributed by atoms with Crippen LogP contribution in [0.3, 0.4) is 0 Å². The highest BCUT2D eigenvalue weighted by atomic mass is 79.9. The van der Waals surface area contributed by atoms with Crippen LogP contribution >= 0.6 is 15.9 Å². The van der Waals surface area contributed by atoms with Crippen molar-refractivity contribution in [2.75, 3.05) is 10.2 Å². The third-order valence-corrected chi connectivity index (χ3v) is 7.75. The second-order valence-corrected chi connectivity index (χ2v) is 10.3. The molecule has 4 atom stereocenters. The molecule has 6 rings (SSSR count). The fraction of sp³-hybridized carbons (Fsp3) is 0.179. The van der Waals surface area contributed by atoms with E-state index in [1.54, 1.807) is 41.4 Å². The minimum absolute atomic E-state index is 0.0492. The first kappa shape index (κ1) is 24.4. The number of hydrogen-bond acceptors (Lipinski definition) is 4. The molecule has 0 unspecified atom stereocenters. The summed E-state index contributed by atoms with van der Waals surface area (Å²) in [6.07, 6.45) is -1.09. The van der Waals surface area contributed by atoms with Gasteiger partial charge in [0.1, 0.15) is 6.04 Å². The van der Waals surface area contributed by atoms with Crippen molar-refractivity contribution in [3.8, 4) is 0 Å². The Morgan fingerprint density at radius 1 is 0.895 bits per heavy atom. The molecule has 38 heavy (non-hydrogen) atoms. The smallest absolute Gasteiger partial charge is 0.357 e. The summed E-state index contributed by atoms with van der Waals surface area (Å²) in [7, 11) is 0. The number of imide groups is 1. The summed E-state index contributed by atoms with van der Waals surface area (Å²) in [5.74, 6) is -3.50. The zero-order valence-electron chi connectivity index (χ0n) is 19.5. The second-order valence-electron chi connectivity index (χ2n) is 9.39. The molecule has 3 aliphatic heterocycles. The van der Waals surface area contributed by atoms with Gasteiger partial charge < -0.3 is 10.2 Å². The summed E-state index contributed by atoms with van der Waals surface area (Å²) in [5, 5.41) is 2.56. The van der Waals surface area contributed by atoms with E-state index in [1.165, 1.54) is 12.1 Å². The number of nitrogens with one attached hydrogen (secondary N) is 1. The van der Waals surface area contributed by atoms with E-state index in [2.05, 4.69) is 21.2 Å². The molecule has 0 radical (unpaired) electrons. The van der Waals surface area contributed by atoms with Crippen molar-refractivity contribution in [1.29, 1.82) is 0 Å². The van der Waals surface area contributed by atoms with E-state index < -0.39 is 53.4 Å². The number of anilines is 2. The average Bonchev–Trinajstić information content (AvgIpc) is 3.36. The van der Waals surface area contributed by atoms with E-state index in [9.17, 15) is 27.6 Å². The highest BCUT2D eigenvalue weighted by Crippen LogP contribution is 2.53. The minimum Gasteiger partial charge on any atom is -0.357 e. The fourth-order valence-corrected chi connectivity index (χ4v) is 6.10. The van der Waals surface area contributed by atoms with Crippen molar-refractivity contribution in [3.63, 3.8) is 0 Å². The number of rotatable bonds is 3. The molecule has 0 spiro atoms. The van der Waals surface area contributed by atoms with Gasteiger partial charge in [-0.2, -0.15) is 13.2 Å². The maximum absolute atomic E-state index is 13.8. The van der Waals surface area contributed by atoms with Gasteiger partial charge in [-0.1, -0.05) is 52.3 Å². The maximum atomic E-state index is 13.8. The minimum atomic E-state index is -4.58. The van der Waals surface area contributed by atoms with E-state index in [1.807, 2.05) is 24.3 Å². The topological polar surface area (TPSA) is 69.7 Å². The summed E-state index contributed by atoms with van der Waals surface area (Å²) >= 11 is 3.37. The van der Waals surface area contributed by atoms with E-state index in [4.69, 9.17) is 0 Å². The van der Waals surface area contributed by atoms with Gasteiger partial charge in [0.05, 0.1) is 29.1 Å². The molecule has 3 aromatic carbocycles. The standard InChI is InChI=1S/C28H19BrF3N3O3/c29-17-7-4-9-19(14-17)35-26(37)21-22(27(35)38)24(34-12-11-15-5-1-2-10-20(15)23(21)34)25(36)33-18-8-3-6-16(13-18)28(30,31)32/h1-14,21-24H,(H,33,36)/t21-,22-,23+,24+/m0/s1. The lowest BCUT2D eigenvalue weighted by Gasteiger charge is -2.35. The molecule has 0 bridgehead atoms. The zero-order valence-corrected chi connectivity index (χ0v) is 21.1. The SMILES string of the molecule is O=C(Nc1cccc(C(F)(F)F)c1)[C@H]1[C@H]2C(=O)N(c3cccc(Br)c3)C(=O)[C@@H]2[C@H]2c3ccccc3C=CN21. The number of alkyl halides is 3. The molecule has 10 heteroatoms. The number of halogens is 4. The fourth-order valence-electron chi connectivity index (χ4n) is 5.72. The van der Waals surface area contributed by atoms with Crippen molar-refractivity contribution in [2.45, 2.75) is 18.3 Å². The van der Waals surface area contributed by atoms with Crippen LogP contribution in [0.15, 0.2) is 83.5 Å². The van der Waals surface area contributed by atoms with Crippen LogP contribution in [0.25, 0.3) is 6.08 Å². The number of hydrogen-bond donors (Lipinski definition) is 1. The van der Waals surface area contributed by atoms with Crippen molar-refractivity contribution >= 4 is 51.1 Å². The Morgan fingerprint density at radius 2 is 1.63 bits per heavy atom. The normalized spacial score (nSPS) is 23.8. The van der Waals surface area contributed by atoms with Gasteiger partial charge in [-0.25, -0.2) is 4.90 Å². The van der Waals surface area contributed by atoms with Crippen LogP contribution in [0.2, 0.25) is 0 Å². The molecular formula is C28H19BrF3N3O3. The number of nitrogens with zero attached hydrogens (tertiary/aromatic N) is 2. The predicted molar refractivity (Wildman–Crippen MR) is 138 cm³/mol. The average molecular weight is 582 g/mol. The number of fused-ring (bicyclic) bond motifs is 5. The summed E-state index contributed by atoms with van der Waals surface area (Å²) in [6.45, 7) is 0. The van der Waals surface area contributed by atoms with E-state index >= 15 is 0 Å². The molecule has 3 aliphatic rings. The molecule has 1 N–H and O–H groups in total. The van der Waals surface area contributed by atoms with Crippen LogP contribution in [0, 0.1) is 11.8 Å². The summed E-state index contributed by atoms with van der Waals surface area (Å²) in [5.41, 5.74) is 1.10. The van der Waals surface area contributed by atoms with Gasteiger partial charge in [0.2, 0.25) is 17.7 Å². The number of amides is 3. The lowest BCUT2D eigenvalue weighted by atomic mass is 9.84. The largest absolute Gasteiger partial charge is 0.416 e. The molecule has 0 aromatic heterocycles. The first-order valence-corrected chi connectivity index (χ1v) is 12.6. The molecule has 3 amide bonds. The van der Waals surface area contributed by atoms with E-state index in [0.29, 0.717) is 10.2 Å². The van der Waals surface area contributed by atoms with Gasteiger partial charge in [-0.15, -0.1) is 0 Å². The van der Waals surface area contributed by atoms with Gasteiger partial charge in [0.15, 0.2) is 0 Å². The number of carbonyl (C=O) groups is 3. The predicted octanol–water partition coefficient (Wildman–Crippen LogP) is 5.62. The molecule has 2 fully saturated rings. The van der Waals surface area contributed by atoms with Crippen molar-refractivity contribution in [3.05, 3.63) is 100 Å². The Hall–Kier alpha value is -3.92. The first-order chi connectivity index (χ1) is 18.1. The quantitative estimate of drug-likeness (QED) is 0.407. The zero-order chi connectivity index (χ0) is 26.8. The van der Waals surface area contributed by atoms with Gasteiger partial charge in [0.25, 0.3) is 0 Å². The van der Waals surface area contributed by atoms with Crippen LogP contribution in [0.1, 0.15) is 22.7 Å². The number of carbonyl (C=O) groups excluding carboxylic acids is 3. The highest BCUT2D eigenvalue weighted by Gasteiger charge is 2.64. The van der Waals surface area contributed by atoms with Crippen molar-refractivity contribution < 1.29 is 27.6 Å². The van der Waals surface area contributed by atoms with Crippen molar-refractivity contribution in [1.82, 2.24) is 4.90 Å².